The summed E-state index contributed by atoms with van der Waals surface area (Å²) in [6.07, 6.45) is 4.18. The number of hydrogen-bond donors (Lipinski definition) is 1. The molecular formula is C12H18N2O3. The third-order valence-electron chi connectivity index (χ3n) is 3.32. The fraction of sp³-hybridized carbons (Fsp3) is 0.667. The highest BCUT2D eigenvalue weighted by atomic mass is 16.5. The number of aliphatic hydroxyl groups is 1. The molecule has 5 nitrogen and oxygen atoms in total. The van der Waals surface area contributed by atoms with Gasteiger partial charge in [0.2, 0.25) is 11.8 Å². The van der Waals surface area contributed by atoms with Crippen molar-refractivity contribution < 1.29 is 14.6 Å². The van der Waals surface area contributed by atoms with Crippen molar-refractivity contribution in [1.82, 2.24) is 9.97 Å². The summed E-state index contributed by atoms with van der Waals surface area (Å²) in [4.78, 5) is 8.43. The number of methoxy groups -OCH3 is 2. The van der Waals surface area contributed by atoms with Crippen LogP contribution in [0.4, 0.5) is 0 Å². The molecule has 0 aromatic carbocycles. The van der Waals surface area contributed by atoms with E-state index in [2.05, 4.69) is 9.97 Å². The summed E-state index contributed by atoms with van der Waals surface area (Å²) < 4.78 is 10.2. The van der Waals surface area contributed by atoms with Crippen LogP contribution in [0.25, 0.3) is 0 Å². The maximum atomic E-state index is 10.7. The van der Waals surface area contributed by atoms with E-state index in [-0.39, 0.29) is 5.92 Å². The van der Waals surface area contributed by atoms with E-state index in [0.717, 1.165) is 12.8 Å². The molecule has 1 aliphatic rings. The third-order valence-corrected chi connectivity index (χ3v) is 3.32. The van der Waals surface area contributed by atoms with Crippen LogP contribution in [0, 0.1) is 5.92 Å². The van der Waals surface area contributed by atoms with Gasteiger partial charge in [-0.15, -0.1) is 0 Å². The quantitative estimate of drug-likeness (QED) is 0.842. The van der Waals surface area contributed by atoms with Crippen LogP contribution in [0.1, 0.15) is 31.9 Å². The molecule has 1 heterocycles. The van der Waals surface area contributed by atoms with Gasteiger partial charge in [0.05, 0.1) is 20.4 Å². The minimum Gasteiger partial charge on any atom is -0.480 e. The summed E-state index contributed by atoms with van der Waals surface area (Å²) in [6.45, 7) is 1.95. The first-order valence-electron chi connectivity index (χ1n) is 5.83. The van der Waals surface area contributed by atoms with Gasteiger partial charge >= 0.3 is 0 Å². The lowest BCUT2D eigenvalue weighted by Crippen LogP contribution is -2.29. The van der Waals surface area contributed by atoms with Crippen LogP contribution in [0.2, 0.25) is 0 Å². The molecule has 0 spiro atoms. The fourth-order valence-electron chi connectivity index (χ4n) is 2.10. The Balaban J connectivity index is 2.42. The van der Waals surface area contributed by atoms with Crippen LogP contribution in [0.5, 0.6) is 11.8 Å². The average molecular weight is 238 g/mol. The summed E-state index contributed by atoms with van der Waals surface area (Å²) in [6, 6.07) is 0. The number of nitrogens with zero attached hydrogens (tertiary/aromatic N) is 2. The lowest BCUT2D eigenvalue weighted by Gasteiger charge is -2.27. The minimum absolute atomic E-state index is 0.268. The third kappa shape index (κ3) is 2.07. The highest BCUT2D eigenvalue weighted by molar-refractivity contribution is 5.29. The van der Waals surface area contributed by atoms with Crippen molar-refractivity contribution in [3.63, 3.8) is 0 Å². The molecule has 1 fully saturated rings. The predicted molar refractivity (Wildman–Crippen MR) is 62.0 cm³/mol. The van der Waals surface area contributed by atoms with Crippen molar-refractivity contribution in [1.29, 1.82) is 0 Å². The van der Waals surface area contributed by atoms with Crippen molar-refractivity contribution in [2.75, 3.05) is 14.2 Å². The Kier molecular flexibility index (Phi) is 3.19. The van der Waals surface area contributed by atoms with Crippen LogP contribution >= 0.6 is 0 Å². The summed E-state index contributed by atoms with van der Waals surface area (Å²) in [5.74, 6) is 1.00. The molecule has 1 aliphatic carbocycles. The SMILES string of the molecule is CCC(O)(c1ncc(OC)nc1OC)C1CC1. The van der Waals surface area contributed by atoms with Gasteiger partial charge in [0.25, 0.3) is 0 Å². The molecule has 1 unspecified atom stereocenters. The first-order chi connectivity index (χ1) is 8.15. The van der Waals surface area contributed by atoms with E-state index in [1.54, 1.807) is 0 Å². The Bertz CT molecular complexity index is 407. The molecule has 1 N–H and O–H groups in total. The van der Waals surface area contributed by atoms with Gasteiger partial charge in [0.1, 0.15) is 11.3 Å². The van der Waals surface area contributed by atoms with E-state index in [4.69, 9.17) is 9.47 Å². The van der Waals surface area contributed by atoms with Gasteiger partial charge in [-0.25, -0.2) is 4.98 Å². The summed E-state index contributed by atoms with van der Waals surface area (Å²) in [7, 11) is 3.05. The number of rotatable bonds is 5. The first kappa shape index (κ1) is 12.1. The Morgan fingerprint density at radius 1 is 1.41 bits per heavy atom. The van der Waals surface area contributed by atoms with Gasteiger partial charge < -0.3 is 14.6 Å². The molecule has 5 heteroatoms. The molecule has 94 valence electrons. The van der Waals surface area contributed by atoms with Gasteiger partial charge in [0, 0.05) is 0 Å². The molecule has 1 aromatic rings. The van der Waals surface area contributed by atoms with E-state index in [0.29, 0.717) is 23.9 Å². The molecule has 0 aliphatic heterocycles. The van der Waals surface area contributed by atoms with E-state index < -0.39 is 5.60 Å². The summed E-state index contributed by atoms with van der Waals surface area (Å²) in [5.41, 5.74) is -0.407. The standard InChI is InChI=1S/C12H18N2O3/c1-4-12(15,8-5-6-8)10-11(17-3)14-9(16-2)7-13-10/h7-8,15H,4-6H2,1-3H3. The second-order valence-electron chi connectivity index (χ2n) is 4.32. The largest absolute Gasteiger partial charge is 0.480 e. The van der Waals surface area contributed by atoms with E-state index in [1.807, 2.05) is 6.92 Å². The Morgan fingerprint density at radius 2 is 2.12 bits per heavy atom. The highest BCUT2D eigenvalue weighted by Crippen LogP contribution is 2.48. The Morgan fingerprint density at radius 3 is 2.59 bits per heavy atom. The second kappa shape index (κ2) is 4.49. The smallest absolute Gasteiger partial charge is 0.241 e. The zero-order chi connectivity index (χ0) is 12.5. The first-order valence-corrected chi connectivity index (χ1v) is 5.83. The molecule has 17 heavy (non-hydrogen) atoms. The molecule has 1 atom stereocenters. The van der Waals surface area contributed by atoms with E-state index >= 15 is 0 Å². The summed E-state index contributed by atoms with van der Waals surface area (Å²) >= 11 is 0. The van der Waals surface area contributed by atoms with Crippen LogP contribution in [0.15, 0.2) is 6.20 Å². The predicted octanol–water partition coefficient (Wildman–Crippen LogP) is 1.50. The lowest BCUT2D eigenvalue weighted by atomic mass is 9.90. The van der Waals surface area contributed by atoms with Gasteiger partial charge in [0.15, 0.2) is 0 Å². The van der Waals surface area contributed by atoms with Gasteiger partial charge in [-0.3, -0.25) is 0 Å². The van der Waals surface area contributed by atoms with Crippen LogP contribution < -0.4 is 9.47 Å². The molecule has 2 rings (SSSR count). The number of hydrogen-bond acceptors (Lipinski definition) is 5. The molecular weight excluding hydrogens is 220 g/mol. The van der Waals surface area contributed by atoms with Crippen molar-refractivity contribution in [3.8, 4) is 11.8 Å². The van der Waals surface area contributed by atoms with Gasteiger partial charge in [-0.1, -0.05) is 6.92 Å². The lowest BCUT2D eigenvalue weighted by molar-refractivity contribution is 0.00160. The van der Waals surface area contributed by atoms with Crippen molar-refractivity contribution in [3.05, 3.63) is 11.9 Å². The molecule has 1 saturated carbocycles. The molecule has 0 saturated heterocycles. The monoisotopic (exact) mass is 238 g/mol. The topological polar surface area (TPSA) is 64.5 Å². The van der Waals surface area contributed by atoms with Crippen molar-refractivity contribution in [2.45, 2.75) is 31.8 Å². The average Bonchev–Trinajstić information content (AvgIpc) is 3.21. The molecule has 0 bridgehead atoms. The Hall–Kier alpha value is -1.36. The zero-order valence-corrected chi connectivity index (χ0v) is 10.4. The maximum Gasteiger partial charge on any atom is 0.241 e. The van der Waals surface area contributed by atoms with Crippen LogP contribution in [-0.4, -0.2) is 29.3 Å². The maximum absolute atomic E-state index is 10.7. The van der Waals surface area contributed by atoms with Gasteiger partial charge in [-0.2, -0.15) is 4.98 Å². The molecule has 1 aromatic heterocycles. The number of aromatic nitrogens is 2. The molecule has 0 radical (unpaired) electrons. The Labute approximate surface area is 101 Å². The van der Waals surface area contributed by atoms with E-state index in [9.17, 15) is 5.11 Å². The normalized spacial score (nSPS) is 18.6. The highest BCUT2D eigenvalue weighted by Gasteiger charge is 2.47. The van der Waals surface area contributed by atoms with Gasteiger partial charge in [-0.05, 0) is 25.2 Å². The minimum atomic E-state index is -0.926. The van der Waals surface area contributed by atoms with E-state index in [1.165, 1.54) is 20.4 Å². The summed E-state index contributed by atoms with van der Waals surface area (Å²) in [5, 5.41) is 10.7. The number of ether oxygens (including phenoxy) is 2. The van der Waals surface area contributed by atoms with Crippen LogP contribution in [-0.2, 0) is 5.60 Å². The van der Waals surface area contributed by atoms with Crippen molar-refractivity contribution >= 4 is 0 Å². The molecule has 0 amide bonds. The fourth-order valence-corrected chi connectivity index (χ4v) is 2.10. The second-order valence-corrected chi connectivity index (χ2v) is 4.32. The van der Waals surface area contributed by atoms with Crippen molar-refractivity contribution in [2.24, 2.45) is 5.92 Å². The zero-order valence-electron chi connectivity index (χ0n) is 10.4. The van der Waals surface area contributed by atoms with Crippen LogP contribution in [0.3, 0.4) is 0 Å².